The second-order valence-electron chi connectivity index (χ2n) is 5.60. The number of carbonyl (C=O) groups excluding carboxylic acids is 2. The van der Waals surface area contributed by atoms with E-state index in [2.05, 4.69) is 4.90 Å². The van der Waals surface area contributed by atoms with Gasteiger partial charge in [-0.3, -0.25) is 19.4 Å². The monoisotopic (exact) mass is 370 g/mol. The Morgan fingerprint density at radius 3 is 2.57 bits per heavy atom. The number of halogens is 2. The molecule has 0 saturated carbocycles. The Bertz CT molecular complexity index is 672. The van der Waals surface area contributed by atoms with E-state index in [-0.39, 0.29) is 11.1 Å². The third-order valence-corrected chi connectivity index (χ3v) is 5.38. The minimum absolute atomic E-state index is 0.225. The summed E-state index contributed by atoms with van der Waals surface area (Å²) < 4.78 is 0. The quantitative estimate of drug-likeness (QED) is 0.735. The lowest BCUT2D eigenvalue weighted by Gasteiger charge is -2.29. The molecule has 2 aliphatic heterocycles. The number of hydrogen-bond acceptors (Lipinski definition) is 4. The molecule has 0 radical (unpaired) electrons. The molecule has 2 aliphatic rings. The van der Waals surface area contributed by atoms with E-state index >= 15 is 0 Å². The topological polar surface area (TPSA) is 40.6 Å². The van der Waals surface area contributed by atoms with Gasteiger partial charge in [-0.15, -0.1) is 0 Å². The molecule has 1 aromatic carbocycles. The van der Waals surface area contributed by atoms with Crippen molar-refractivity contribution >= 4 is 52.2 Å². The molecule has 2 amide bonds. The summed E-state index contributed by atoms with van der Waals surface area (Å²) in [7, 11) is 0. The fourth-order valence-electron chi connectivity index (χ4n) is 2.68. The minimum atomic E-state index is -0.253. The van der Waals surface area contributed by atoms with Crippen molar-refractivity contribution in [3.8, 4) is 0 Å². The lowest BCUT2D eigenvalue weighted by Crippen LogP contribution is -2.42. The van der Waals surface area contributed by atoms with Gasteiger partial charge in [0.2, 0.25) is 0 Å². The molecule has 3 rings (SSSR count). The Balaban J connectivity index is 1.76. The molecule has 0 spiro atoms. The van der Waals surface area contributed by atoms with E-state index in [0.717, 1.165) is 37.7 Å². The van der Waals surface area contributed by atoms with Gasteiger partial charge in [0.25, 0.3) is 11.1 Å². The summed E-state index contributed by atoms with van der Waals surface area (Å²) in [5.74, 6) is -0.253. The predicted molar refractivity (Wildman–Crippen MR) is 94.6 cm³/mol. The maximum atomic E-state index is 12.5. The summed E-state index contributed by atoms with van der Waals surface area (Å²) in [5, 5.41) is 0.766. The van der Waals surface area contributed by atoms with Gasteiger partial charge in [0, 0.05) is 10.0 Å². The highest BCUT2D eigenvalue weighted by Gasteiger charge is 2.36. The van der Waals surface area contributed by atoms with Crippen molar-refractivity contribution in [2.24, 2.45) is 0 Å². The summed E-state index contributed by atoms with van der Waals surface area (Å²) in [4.78, 5) is 28.5. The highest BCUT2D eigenvalue weighted by Crippen LogP contribution is 2.34. The molecule has 7 heteroatoms. The number of imide groups is 1. The Morgan fingerprint density at radius 2 is 1.87 bits per heavy atom. The molecular formula is C16H16Cl2N2O2S. The van der Waals surface area contributed by atoms with Gasteiger partial charge in [-0.1, -0.05) is 35.7 Å². The number of nitrogens with zero attached hydrogens (tertiary/aromatic N) is 2. The van der Waals surface area contributed by atoms with Crippen LogP contribution in [0.1, 0.15) is 24.8 Å². The molecular weight excluding hydrogens is 355 g/mol. The first-order chi connectivity index (χ1) is 11.0. The number of thioether (sulfide) groups is 1. The van der Waals surface area contributed by atoms with Crippen molar-refractivity contribution in [3.63, 3.8) is 0 Å². The standard InChI is InChI=1S/C16H16Cl2N2O2S/c17-12-5-4-11(13(18)9-12)8-14-15(21)20(16(22)23-14)10-19-6-2-1-3-7-19/h4-5,8-9H,1-3,6-7,10H2. The first-order valence-electron chi connectivity index (χ1n) is 7.47. The summed E-state index contributed by atoms with van der Waals surface area (Å²) in [6, 6.07) is 5.06. The highest BCUT2D eigenvalue weighted by atomic mass is 35.5. The van der Waals surface area contributed by atoms with Crippen molar-refractivity contribution in [1.82, 2.24) is 9.80 Å². The lowest BCUT2D eigenvalue weighted by molar-refractivity contribution is -0.124. The molecule has 4 nitrogen and oxygen atoms in total. The second kappa shape index (κ2) is 7.26. The average Bonchev–Trinajstić information content (AvgIpc) is 2.79. The predicted octanol–water partition coefficient (Wildman–Crippen LogP) is 4.47. The first kappa shape index (κ1) is 16.8. The minimum Gasteiger partial charge on any atom is -0.286 e. The van der Waals surface area contributed by atoms with E-state index in [1.54, 1.807) is 24.3 Å². The zero-order valence-corrected chi connectivity index (χ0v) is 14.8. The van der Waals surface area contributed by atoms with Crippen molar-refractivity contribution in [2.45, 2.75) is 19.3 Å². The number of amides is 2. The van der Waals surface area contributed by atoms with Gasteiger partial charge in [0.1, 0.15) is 0 Å². The van der Waals surface area contributed by atoms with Crippen LogP contribution in [0.5, 0.6) is 0 Å². The number of carbonyl (C=O) groups is 2. The zero-order chi connectivity index (χ0) is 16.4. The smallest absolute Gasteiger partial charge is 0.286 e. The van der Waals surface area contributed by atoms with Crippen molar-refractivity contribution in [2.75, 3.05) is 19.8 Å². The molecule has 0 bridgehead atoms. The fraction of sp³-hybridized carbons (Fsp3) is 0.375. The molecule has 23 heavy (non-hydrogen) atoms. The van der Waals surface area contributed by atoms with Gasteiger partial charge >= 0.3 is 0 Å². The van der Waals surface area contributed by atoms with E-state index < -0.39 is 0 Å². The second-order valence-corrected chi connectivity index (χ2v) is 7.43. The maximum absolute atomic E-state index is 12.5. The SMILES string of the molecule is O=C1SC(=Cc2ccc(Cl)cc2Cl)C(=O)N1CN1CCCCC1. The Morgan fingerprint density at radius 1 is 1.13 bits per heavy atom. The summed E-state index contributed by atoms with van der Waals surface area (Å²) >= 11 is 13.0. The van der Waals surface area contributed by atoms with Crippen LogP contribution in [0.3, 0.4) is 0 Å². The van der Waals surface area contributed by atoms with Gasteiger partial charge in [-0.2, -0.15) is 0 Å². The molecule has 0 atom stereocenters. The van der Waals surface area contributed by atoms with E-state index in [1.165, 1.54) is 11.3 Å². The Hall–Kier alpha value is -1.01. The van der Waals surface area contributed by atoms with Crippen LogP contribution < -0.4 is 0 Å². The molecule has 0 unspecified atom stereocenters. The van der Waals surface area contributed by atoms with E-state index in [0.29, 0.717) is 27.2 Å². The summed E-state index contributed by atoms with van der Waals surface area (Å²) in [6.45, 7) is 2.24. The molecule has 0 aliphatic carbocycles. The molecule has 2 fully saturated rings. The van der Waals surface area contributed by atoms with Gasteiger partial charge in [0.05, 0.1) is 11.6 Å². The Labute approximate surface area is 149 Å². The van der Waals surface area contributed by atoms with Crippen LogP contribution in [-0.4, -0.2) is 40.7 Å². The summed E-state index contributed by atoms with van der Waals surface area (Å²) in [6.07, 6.45) is 5.10. The number of benzene rings is 1. The maximum Gasteiger partial charge on any atom is 0.294 e. The molecule has 0 N–H and O–H groups in total. The van der Waals surface area contributed by atoms with Gasteiger partial charge in [-0.05, 0) is 61.5 Å². The number of piperidine rings is 1. The van der Waals surface area contributed by atoms with Crippen molar-refractivity contribution in [1.29, 1.82) is 0 Å². The molecule has 2 saturated heterocycles. The number of likely N-dealkylation sites (tertiary alicyclic amines) is 1. The lowest BCUT2D eigenvalue weighted by atomic mass is 10.1. The molecule has 0 aromatic heterocycles. The normalized spacial score (nSPS) is 21.5. The fourth-order valence-corrected chi connectivity index (χ4v) is 3.97. The third kappa shape index (κ3) is 3.91. The first-order valence-corrected chi connectivity index (χ1v) is 9.04. The van der Waals surface area contributed by atoms with Crippen molar-refractivity contribution < 1.29 is 9.59 Å². The highest BCUT2D eigenvalue weighted by molar-refractivity contribution is 8.18. The van der Waals surface area contributed by atoms with E-state index in [4.69, 9.17) is 23.2 Å². The Kier molecular flexibility index (Phi) is 5.31. The largest absolute Gasteiger partial charge is 0.294 e. The molecule has 1 aromatic rings. The van der Waals surface area contributed by atoms with Crippen LogP contribution in [0.25, 0.3) is 6.08 Å². The van der Waals surface area contributed by atoms with Crippen LogP contribution in [0.15, 0.2) is 23.1 Å². The molecule has 2 heterocycles. The van der Waals surface area contributed by atoms with Crippen LogP contribution in [0.4, 0.5) is 4.79 Å². The average molecular weight is 371 g/mol. The van der Waals surface area contributed by atoms with E-state index in [9.17, 15) is 9.59 Å². The zero-order valence-electron chi connectivity index (χ0n) is 12.4. The van der Waals surface area contributed by atoms with Crippen LogP contribution in [0, 0.1) is 0 Å². The van der Waals surface area contributed by atoms with Gasteiger partial charge in [-0.25, -0.2) is 0 Å². The summed E-state index contributed by atoms with van der Waals surface area (Å²) in [5.41, 5.74) is 0.680. The van der Waals surface area contributed by atoms with E-state index in [1.807, 2.05) is 0 Å². The van der Waals surface area contributed by atoms with Crippen molar-refractivity contribution in [3.05, 3.63) is 38.7 Å². The van der Waals surface area contributed by atoms with Crippen LogP contribution in [-0.2, 0) is 4.79 Å². The third-order valence-electron chi connectivity index (χ3n) is 3.91. The van der Waals surface area contributed by atoms with Crippen LogP contribution in [0.2, 0.25) is 10.0 Å². The van der Waals surface area contributed by atoms with Gasteiger partial charge < -0.3 is 0 Å². The number of hydrogen-bond donors (Lipinski definition) is 0. The van der Waals surface area contributed by atoms with Gasteiger partial charge in [0.15, 0.2) is 0 Å². The van der Waals surface area contributed by atoms with Crippen LogP contribution >= 0.6 is 35.0 Å². The molecule has 122 valence electrons. The number of rotatable bonds is 3.